The van der Waals surface area contributed by atoms with E-state index in [9.17, 15) is 4.79 Å². The number of aryl methyl sites for hydroxylation is 3. The van der Waals surface area contributed by atoms with E-state index in [4.69, 9.17) is 4.74 Å². The predicted molar refractivity (Wildman–Crippen MR) is 89.1 cm³/mol. The summed E-state index contributed by atoms with van der Waals surface area (Å²) in [7, 11) is 1.62. The smallest absolute Gasteiger partial charge is 0.248 e. The Morgan fingerprint density at radius 2 is 2.00 bits per heavy atom. The summed E-state index contributed by atoms with van der Waals surface area (Å²) in [6.07, 6.45) is 3.26. The minimum absolute atomic E-state index is 0.181. The maximum Gasteiger partial charge on any atom is 0.248 e. The highest BCUT2D eigenvalue weighted by atomic mass is 16.5. The number of benzene rings is 1. The Morgan fingerprint density at radius 3 is 2.68 bits per heavy atom. The highest BCUT2D eigenvalue weighted by molar-refractivity contribution is 6.02. The van der Waals surface area contributed by atoms with Crippen molar-refractivity contribution < 1.29 is 9.53 Å². The first-order valence-corrected chi connectivity index (χ1v) is 7.07. The van der Waals surface area contributed by atoms with Gasteiger partial charge in [0.2, 0.25) is 5.91 Å². The van der Waals surface area contributed by atoms with E-state index in [-0.39, 0.29) is 5.91 Å². The number of ether oxygens (including phenoxy) is 1. The molecule has 1 aromatic heterocycles. The van der Waals surface area contributed by atoms with Crippen LogP contribution < -0.4 is 10.1 Å². The topological polar surface area (TPSA) is 51.2 Å². The molecule has 0 aliphatic carbocycles. The average molecular weight is 296 g/mol. The molecule has 0 aliphatic rings. The molecule has 0 saturated carbocycles. The summed E-state index contributed by atoms with van der Waals surface area (Å²) in [5.41, 5.74) is 4.45. The number of rotatable bonds is 4. The fraction of sp³-hybridized carbons (Fsp3) is 0.222. The first kappa shape index (κ1) is 15.8. The van der Waals surface area contributed by atoms with Crippen LogP contribution in [0.5, 0.6) is 5.75 Å². The Labute approximate surface area is 130 Å². The highest BCUT2D eigenvalue weighted by Crippen LogP contribution is 2.19. The van der Waals surface area contributed by atoms with Crippen molar-refractivity contribution in [2.45, 2.75) is 20.8 Å². The number of nitrogens with zero attached hydrogens (tertiary/aromatic N) is 1. The molecule has 0 bridgehead atoms. The quantitative estimate of drug-likeness (QED) is 0.876. The van der Waals surface area contributed by atoms with Crippen LogP contribution in [0.15, 0.2) is 36.4 Å². The molecule has 0 fully saturated rings. The lowest BCUT2D eigenvalue weighted by atomic mass is 10.1. The molecular weight excluding hydrogens is 276 g/mol. The van der Waals surface area contributed by atoms with E-state index in [1.807, 2.05) is 51.1 Å². The molecule has 0 unspecified atom stereocenters. The fourth-order valence-electron chi connectivity index (χ4n) is 2.29. The van der Waals surface area contributed by atoms with Gasteiger partial charge in [0.05, 0.1) is 18.5 Å². The minimum atomic E-state index is -0.181. The van der Waals surface area contributed by atoms with E-state index < -0.39 is 0 Å². The van der Waals surface area contributed by atoms with Crippen molar-refractivity contribution >= 4 is 17.7 Å². The van der Waals surface area contributed by atoms with Crippen molar-refractivity contribution in [1.82, 2.24) is 4.98 Å². The third kappa shape index (κ3) is 3.95. The number of hydrogen-bond acceptors (Lipinski definition) is 3. The van der Waals surface area contributed by atoms with Gasteiger partial charge in [0.25, 0.3) is 0 Å². The Hall–Kier alpha value is -2.62. The van der Waals surface area contributed by atoms with Gasteiger partial charge in [0, 0.05) is 11.8 Å². The second-order valence-electron chi connectivity index (χ2n) is 5.14. The molecule has 1 heterocycles. The minimum Gasteiger partial charge on any atom is -0.497 e. The zero-order chi connectivity index (χ0) is 16.1. The summed E-state index contributed by atoms with van der Waals surface area (Å²) in [6, 6.07) is 9.48. The first-order chi connectivity index (χ1) is 10.5. The van der Waals surface area contributed by atoms with Crippen LogP contribution in [0.25, 0.3) is 6.08 Å². The zero-order valence-corrected chi connectivity index (χ0v) is 13.3. The molecule has 1 amide bonds. The molecule has 0 atom stereocenters. The van der Waals surface area contributed by atoms with Crippen LogP contribution in [0.4, 0.5) is 5.69 Å². The molecule has 1 aromatic carbocycles. The molecule has 0 saturated heterocycles. The van der Waals surface area contributed by atoms with E-state index in [1.54, 1.807) is 13.2 Å². The molecule has 1 N–H and O–H groups in total. The van der Waals surface area contributed by atoms with Crippen LogP contribution in [0.2, 0.25) is 0 Å². The number of hydrogen-bond donors (Lipinski definition) is 1. The molecule has 4 heteroatoms. The van der Waals surface area contributed by atoms with E-state index >= 15 is 0 Å². The molecule has 0 spiro atoms. The molecule has 0 aliphatic heterocycles. The van der Waals surface area contributed by atoms with Crippen LogP contribution in [0, 0.1) is 20.8 Å². The molecule has 2 aromatic rings. The number of amides is 1. The summed E-state index contributed by atoms with van der Waals surface area (Å²) in [6.45, 7) is 5.79. The number of methoxy groups -OCH3 is 1. The lowest BCUT2D eigenvalue weighted by molar-refractivity contribution is -0.111. The number of aromatic nitrogens is 1. The van der Waals surface area contributed by atoms with E-state index in [0.717, 1.165) is 34.0 Å². The summed E-state index contributed by atoms with van der Waals surface area (Å²) in [5.74, 6) is 0.580. The first-order valence-electron chi connectivity index (χ1n) is 7.07. The van der Waals surface area contributed by atoms with E-state index in [2.05, 4.69) is 10.3 Å². The maximum atomic E-state index is 12.1. The van der Waals surface area contributed by atoms with Crippen molar-refractivity contribution in [2.75, 3.05) is 12.4 Å². The van der Waals surface area contributed by atoms with Gasteiger partial charge >= 0.3 is 0 Å². The maximum absolute atomic E-state index is 12.1. The highest BCUT2D eigenvalue weighted by Gasteiger charge is 2.07. The third-order valence-corrected chi connectivity index (χ3v) is 3.29. The summed E-state index contributed by atoms with van der Waals surface area (Å²) < 4.78 is 5.16. The van der Waals surface area contributed by atoms with Gasteiger partial charge in [-0.05, 0) is 56.2 Å². The van der Waals surface area contributed by atoms with E-state index in [1.165, 1.54) is 6.08 Å². The zero-order valence-electron chi connectivity index (χ0n) is 13.3. The van der Waals surface area contributed by atoms with Crippen molar-refractivity contribution in [2.24, 2.45) is 0 Å². The Kier molecular flexibility index (Phi) is 4.94. The largest absolute Gasteiger partial charge is 0.497 e. The molecule has 114 valence electrons. The van der Waals surface area contributed by atoms with Gasteiger partial charge in [-0.2, -0.15) is 0 Å². The van der Waals surface area contributed by atoms with Gasteiger partial charge in [0.1, 0.15) is 5.75 Å². The van der Waals surface area contributed by atoms with Gasteiger partial charge in [-0.3, -0.25) is 9.78 Å². The molecule has 4 nitrogen and oxygen atoms in total. The Balaban J connectivity index is 2.11. The van der Waals surface area contributed by atoms with Crippen LogP contribution in [0.3, 0.4) is 0 Å². The standard InChI is InChI=1S/C18H20N2O2/c1-12-10-13(2)19-14(3)18(12)20-17(21)9-8-15-6-5-7-16(11-15)22-4/h5-11H,1-4H3,(H,20,21)/b9-8+. The fourth-order valence-corrected chi connectivity index (χ4v) is 2.29. The second-order valence-corrected chi connectivity index (χ2v) is 5.14. The predicted octanol–water partition coefficient (Wildman–Crippen LogP) is 3.67. The van der Waals surface area contributed by atoms with Gasteiger partial charge < -0.3 is 10.1 Å². The van der Waals surface area contributed by atoms with Crippen LogP contribution >= 0.6 is 0 Å². The third-order valence-electron chi connectivity index (χ3n) is 3.29. The molecule has 0 radical (unpaired) electrons. The summed E-state index contributed by atoms with van der Waals surface area (Å²) in [4.78, 5) is 16.4. The number of pyridine rings is 1. The number of carbonyl (C=O) groups is 1. The van der Waals surface area contributed by atoms with Gasteiger partial charge in [-0.15, -0.1) is 0 Å². The van der Waals surface area contributed by atoms with Crippen LogP contribution in [-0.4, -0.2) is 18.0 Å². The van der Waals surface area contributed by atoms with Crippen molar-refractivity contribution in [1.29, 1.82) is 0 Å². The lowest BCUT2D eigenvalue weighted by Crippen LogP contribution is -2.11. The lowest BCUT2D eigenvalue weighted by Gasteiger charge is -2.10. The molecule has 22 heavy (non-hydrogen) atoms. The van der Waals surface area contributed by atoms with Crippen molar-refractivity contribution in [3.63, 3.8) is 0 Å². The van der Waals surface area contributed by atoms with Crippen LogP contribution in [0.1, 0.15) is 22.5 Å². The number of carbonyl (C=O) groups excluding carboxylic acids is 1. The normalized spacial score (nSPS) is 10.7. The van der Waals surface area contributed by atoms with Gasteiger partial charge in [-0.25, -0.2) is 0 Å². The summed E-state index contributed by atoms with van der Waals surface area (Å²) in [5, 5.41) is 2.89. The number of nitrogens with one attached hydrogen (secondary N) is 1. The SMILES string of the molecule is COc1cccc(/C=C/C(=O)Nc2c(C)cc(C)nc2C)c1. The van der Waals surface area contributed by atoms with Gasteiger partial charge in [0.15, 0.2) is 0 Å². The Bertz CT molecular complexity index is 698. The second kappa shape index (κ2) is 6.89. The number of anilines is 1. The molecule has 2 rings (SSSR count). The van der Waals surface area contributed by atoms with Crippen LogP contribution in [-0.2, 0) is 4.79 Å². The summed E-state index contributed by atoms with van der Waals surface area (Å²) >= 11 is 0. The monoisotopic (exact) mass is 296 g/mol. The van der Waals surface area contributed by atoms with Gasteiger partial charge in [-0.1, -0.05) is 12.1 Å². The Morgan fingerprint density at radius 1 is 1.23 bits per heavy atom. The van der Waals surface area contributed by atoms with Crippen molar-refractivity contribution in [3.05, 3.63) is 58.9 Å². The van der Waals surface area contributed by atoms with Crippen molar-refractivity contribution in [3.8, 4) is 5.75 Å². The molecular formula is C18H20N2O2. The average Bonchev–Trinajstić information content (AvgIpc) is 2.49. The van der Waals surface area contributed by atoms with E-state index in [0.29, 0.717) is 0 Å².